The Labute approximate surface area is 168 Å². The van der Waals surface area contributed by atoms with Crippen LogP contribution in [0.2, 0.25) is 0 Å². The molecule has 5 nitrogen and oxygen atoms in total. The van der Waals surface area contributed by atoms with Crippen LogP contribution in [0.5, 0.6) is 11.6 Å². The first-order valence-electron chi connectivity index (χ1n) is 9.32. The van der Waals surface area contributed by atoms with E-state index in [1.54, 1.807) is 0 Å². The Kier molecular flexibility index (Phi) is 4.84. The van der Waals surface area contributed by atoms with Crippen LogP contribution in [0.1, 0.15) is 30.5 Å². The number of nitrogens with zero attached hydrogens (tertiary/aromatic N) is 4. The van der Waals surface area contributed by atoms with Crippen LogP contribution < -0.4 is 4.74 Å². The topological polar surface area (TPSA) is 52.8 Å². The van der Waals surface area contributed by atoms with Crippen molar-refractivity contribution in [2.45, 2.75) is 26.2 Å². The highest BCUT2D eigenvalue weighted by atomic mass is 19.1. The van der Waals surface area contributed by atoms with Crippen molar-refractivity contribution in [1.82, 2.24) is 20.0 Å². The van der Waals surface area contributed by atoms with Gasteiger partial charge in [-0.2, -0.15) is 15.2 Å². The lowest BCUT2D eigenvalue weighted by atomic mass is 9.78. The average molecular weight is 388 g/mol. The predicted octanol–water partition coefficient (Wildman–Crippen LogP) is 5.23. The standard InChI is InChI=1S/C23H21FN4O/c1-16-4-6-17(7-5-16)23(2,3)18-8-10-19(11-9-18)29-22-20(24)12-13-21(27-22)28-25-14-15-26-28/h4-15H,1-3H3. The lowest BCUT2D eigenvalue weighted by Crippen LogP contribution is -2.18. The van der Waals surface area contributed by atoms with E-state index in [1.165, 1.54) is 40.4 Å². The molecule has 0 unspecified atom stereocenters. The maximum Gasteiger partial charge on any atom is 0.258 e. The van der Waals surface area contributed by atoms with Crippen molar-refractivity contribution in [2.75, 3.05) is 0 Å². The van der Waals surface area contributed by atoms with Crippen LogP contribution >= 0.6 is 0 Å². The average Bonchev–Trinajstić information content (AvgIpc) is 3.25. The fourth-order valence-corrected chi connectivity index (χ4v) is 3.12. The van der Waals surface area contributed by atoms with Crippen LogP contribution in [-0.2, 0) is 5.41 Å². The molecular weight excluding hydrogens is 367 g/mol. The van der Waals surface area contributed by atoms with E-state index in [0.29, 0.717) is 11.6 Å². The number of hydrogen-bond acceptors (Lipinski definition) is 4. The van der Waals surface area contributed by atoms with Gasteiger partial charge in [0.25, 0.3) is 5.88 Å². The number of benzene rings is 2. The first-order valence-corrected chi connectivity index (χ1v) is 9.32. The van der Waals surface area contributed by atoms with E-state index in [1.807, 2.05) is 24.3 Å². The third-order valence-electron chi connectivity index (χ3n) is 4.99. The van der Waals surface area contributed by atoms with Crippen LogP contribution in [0, 0.1) is 12.7 Å². The van der Waals surface area contributed by atoms with Gasteiger partial charge in [-0.15, -0.1) is 4.80 Å². The van der Waals surface area contributed by atoms with Gasteiger partial charge in [-0.3, -0.25) is 0 Å². The molecule has 6 heteroatoms. The van der Waals surface area contributed by atoms with Crippen LogP contribution in [-0.4, -0.2) is 20.0 Å². The second-order valence-electron chi connectivity index (χ2n) is 7.39. The quantitative estimate of drug-likeness (QED) is 0.470. The molecule has 2 aromatic carbocycles. The van der Waals surface area contributed by atoms with E-state index >= 15 is 0 Å². The Morgan fingerprint density at radius 2 is 1.41 bits per heavy atom. The highest BCUT2D eigenvalue weighted by molar-refractivity contribution is 5.41. The van der Waals surface area contributed by atoms with Crippen LogP contribution in [0.15, 0.2) is 73.1 Å². The minimum absolute atomic E-state index is 0.120. The summed E-state index contributed by atoms with van der Waals surface area (Å²) in [5, 5.41) is 8.00. The fourth-order valence-electron chi connectivity index (χ4n) is 3.12. The third-order valence-corrected chi connectivity index (χ3v) is 4.99. The predicted molar refractivity (Wildman–Crippen MR) is 109 cm³/mol. The van der Waals surface area contributed by atoms with Crippen LogP contribution in [0.3, 0.4) is 0 Å². The molecule has 29 heavy (non-hydrogen) atoms. The monoisotopic (exact) mass is 388 g/mol. The Bertz CT molecular complexity index is 1100. The number of pyridine rings is 1. The highest BCUT2D eigenvalue weighted by Gasteiger charge is 2.23. The molecule has 0 fully saturated rings. The summed E-state index contributed by atoms with van der Waals surface area (Å²) < 4.78 is 19.9. The summed E-state index contributed by atoms with van der Waals surface area (Å²) in [6, 6.07) is 18.9. The largest absolute Gasteiger partial charge is 0.436 e. The number of hydrogen-bond donors (Lipinski definition) is 0. The van der Waals surface area contributed by atoms with E-state index in [4.69, 9.17) is 4.74 Å². The Hall–Kier alpha value is -3.54. The summed E-state index contributed by atoms with van der Waals surface area (Å²) >= 11 is 0. The molecule has 0 aliphatic heterocycles. The van der Waals surface area contributed by atoms with Crippen molar-refractivity contribution in [3.05, 3.63) is 95.6 Å². The maximum atomic E-state index is 14.2. The van der Waals surface area contributed by atoms with E-state index in [9.17, 15) is 4.39 Å². The van der Waals surface area contributed by atoms with Gasteiger partial charge in [0.15, 0.2) is 11.6 Å². The summed E-state index contributed by atoms with van der Waals surface area (Å²) in [5.41, 5.74) is 3.43. The van der Waals surface area contributed by atoms with Crippen molar-refractivity contribution >= 4 is 0 Å². The summed E-state index contributed by atoms with van der Waals surface area (Å²) in [5.74, 6) is 0.212. The van der Waals surface area contributed by atoms with Crippen molar-refractivity contribution in [1.29, 1.82) is 0 Å². The first kappa shape index (κ1) is 18.8. The smallest absolute Gasteiger partial charge is 0.258 e. The van der Waals surface area contributed by atoms with E-state index in [-0.39, 0.29) is 11.3 Å². The van der Waals surface area contributed by atoms with Gasteiger partial charge in [0.1, 0.15) is 5.75 Å². The van der Waals surface area contributed by atoms with Gasteiger partial charge in [-0.25, -0.2) is 4.39 Å². The molecule has 0 spiro atoms. The SMILES string of the molecule is Cc1ccc(C(C)(C)c2ccc(Oc3nc(-n4nccn4)ccc3F)cc2)cc1. The number of rotatable bonds is 5. The lowest BCUT2D eigenvalue weighted by Gasteiger charge is -2.26. The number of aromatic nitrogens is 4. The van der Waals surface area contributed by atoms with Gasteiger partial charge in [0.05, 0.1) is 12.4 Å². The van der Waals surface area contributed by atoms with Gasteiger partial charge in [-0.1, -0.05) is 55.8 Å². The van der Waals surface area contributed by atoms with Crippen LogP contribution in [0.25, 0.3) is 5.82 Å². The van der Waals surface area contributed by atoms with Gasteiger partial charge in [0, 0.05) is 5.41 Å². The molecule has 0 amide bonds. The van der Waals surface area contributed by atoms with Crippen LogP contribution in [0.4, 0.5) is 4.39 Å². The fraction of sp³-hybridized carbons (Fsp3) is 0.174. The number of aryl methyl sites for hydroxylation is 1. The molecule has 0 N–H and O–H groups in total. The van der Waals surface area contributed by atoms with Gasteiger partial charge >= 0.3 is 0 Å². The summed E-state index contributed by atoms with van der Waals surface area (Å²) in [4.78, 5) is 5.48. The maximum absolute atomic E-state index is 14.2. The van der Waals surface area contributed by atoms with Crippen molar-refractivity contribution in [3.8, 4) is 17.4 Å². The Morgan fingerprint density at radius 3 is 2.03 bits per heavy atom. The molecule has 0 aliphatic carbocycles. The summed E-state index contributed by atoms with van der Waals surface area (Å²) in [6.07, 6.45) is 3.06. The van der Waals surface area contributed by atoms with Crippen molar-refractivity contribution in [2.24, 2.45) is 0 Å². The minimum Gasteiger partial charge on any atom is -0.436 e. The molecule has 0 bridgehead atoms. The zero-order valence-corrected chi connectivity index (χ0v) is 16.5. The van der Waals surface area contributed by atoms with Crippen molar-refractivity contribution in [3.63, 3.8) is 0 Å². The van der Waals surface area contributed by atoms with Crippen molar-refractivity contribution < 1.29 is 9.13 Å². The van der Waals surface area contributed by atoms with E-state index < -0.39 is 5.82 Å². The molecule has 0 atom stereocenters. The summed E-state index contributed by atoms with van der Waals surface area (Å²) in [6.45, 7) is 6.43. The number of halogens is 1. The van der Waals surface area contributed by atoms with Gasteiger partial charge in [0.2, 0.25) is 0 Å². The van der Waals surface area contributed by atoms with Gasteiger partial charge < -0.3 is 4.74 Å². The molecule has 0 saturated heterocycles. The second-order valence-corrected chi connectivity index (χ2v) is 7.39. The molecular formula is C23H21FN4O. The molecule has 146 valence electrons. The Morgan fingerprint density at radius 1 is 0.828 bits per heavy atom. The lowest BCUT2D eigenvalue weighted by molar-refractivity contribution is 0.420. The molecule has 4 rings (SSSR count). The minimum atomic E-state index is -0.551. The van der Waals surface area contributed by atoms with E-state index in [0.717, 1.165) is 5.56 Å². The molecule has 0 aliphatic rings. The summed E-state index contributed by atoms with van der Waals surface area (Å²) in [7, 11) is 0. The first-order chi connectivity index (χ1) is 13.9. The normalized spacial score (nSPS) is 11.4. The molecule has 2 aromatic heterocycles. The third kappa shape index (κ3) is 3.87. The zero-order chi connectivity index (χ0) is 20.4. The Balaban J connectivity index is 1.57. The molecule has 4 aromatic rings. The van der Waals surface area contributed by atoms with E-state index in [2.05, 4.69) is 60.2 Å². The molecule has 2 heterocycles. The number of ether oxygens (including phenoxy) is 1. The second kappa shape index (κ2) is 7.47. The molecule has 0 radical (unpaired) electrons. The zero-order valence-electron chi connectivity index (χ0n) is 16.5. The molecule has 0 saturated carbocycles. The van der Waals surface area contributed by atoms with Gasteiger partial charge in [-0.05, 0) is 42.3 Å². The highest BCUT2D eigenvalue weighted by Crippen LogP contribution is 2.33.